The van der Waals surface area contributed by atoms with Crippen molar-refractivity contribution in [1.82, 2.24) is 15.2 Å². The zero-order valence-corrected chi connectivity index (χ0v) is 8.29. The first-order chi connectivity index (χ1) is 5.86. The van der Waals surface area contributed by atoms with Gasteiger partial charge >= 0.3 is 0 Å². The summed E-state index contributed by atoms with van der Waals surface area (Å²) in [5, 5.41) is 7.64. The van der Waals surface area contributed by atoms with E-state index in [4.69, 9.17) is 0 Å². The molecule has 0 aromatic carbocycles. The van der Waals surface area contributed by atoms with E-state index in [0.29, 0.717) is 10.7 Å². The van der Waals surface area contributed by atoms with E-state index >= 15 is 0 Å². The molecule has 1 aliphatic carbocycles. The molecule has 0 atom stereocenters. The van der Waals surface area contributed by atoms with Gasteiger partial charge in [-0.3, -0.25) is 0 Å². The van der Waals surface area contributed by atoms with Gasteiger partial charge < -0.3 is 0 Å². The number of hydrogen-bond donors (Lipinski definition) is 0. The summed E-state index contributed by atoms with van der Waals surface area (Å²) in [7, 11) is 0. The topological polar surface area (TPSA) is 38.7 Å². The smallest absolute Gasteiger partial charge is 0.218 e. The minimum Gasteiger partial charge on any atom is -0.224 e. The highest BCUT2D eigenvalue weighted by Crippen LogP contribution is 2.32. The molecular weight excluding hydrogens is 218 g/mol. The lowest BCUT2D eigenvalue weighted by Crippen LogP contribution is -1.99. The average molecular weight is 228 g/mol. The van der Waals surface area contributed by atoms with Crippen molar-refractivity contribution in [3.63, 3.8) is 0 Å². The maximum absolute atomic E-state index is 4.30. The van der Waals surface area contributed by atoms with Gasteiger partial charge in [-0.1, -0.05) is 12.8 Å². The van der Waals surface area contributed by atoms with Gasteiger partial charge in [0.1, 0.15) is 0 Å². The van der Waals surface area contributed by atoms with Gasteiger partial charge in [0.15, 0.2) is 0 Å². The van der Waals surface area contributed by atoms with Gasteiger partial charge in [-0.05, 0) is 28.8 Å². The van der Waals surface area contributed by atoms with Crippen LogP contribution < -0.4 is 0 Å². The van der Waals surface area contributed by atoms with Crippen LogP contribution in [0.25, 0.3) is 0 Å². The number of hydrogen-bond acceptors (Lipinski definition) is 3. The van der Waals surface area contributed by atoms with Crippen molar-refractivity contribution in [3.8, 4) is 0 Å². The molecule has 1 aromatic heterocycles. The molecule has 0 spiro atoms. The summed E-state index contributed by atoms with van der Waals surface area (Å²) in [5.41, 5.74) is 1.09. The fourth-order valence-electron chi connectivity index (χ4n) is 1.71. The van der Waals surface area contributed by atoms with Crippen molar-refractivity contribution in [2.24, 2.45) is 0 Å². The van der Waals surface area contributed by atoms with Crippen LogP contribution in [0.3, 0.4) is 0 Å². The summed E-state index contributed by atoms with van der Waals surface area (Å²) in [6.07, 6.45) is 6.94. The summed E-state index contributed by atoms with van der Waals surface area (Å²) in [6, 6.07) is 0. The molecule has 1 saturated carbocycles. The van der Waals surface area contributed by atoms with Crippen LogP contribution in [-0.2, 0) is 0 Å². The van der Waals surface area contributed by atoms with Crippen LogP contribution in [0.2, 0.25) is 0 Å². The van der Waals surface area contributed by atoms with Gasteiger partial charge in [-0.25, -0.2) is 4.98 Å². The van der Waals surface area contributed by atoms with Gasteiger partial charge in [0, 0.05) is 5.92 Å². The molecule has 0 aliphatic heterocycles. The van der Waals surface area contributed by atoms with Crippen molar-refractivity contribution in [2.75, 3.05) is 0 Å². The van der Waals surface area contributed by atoms with Crippen LogP contribution in [0.5, 0.6) is 0 Å². The molecule has 0 bridgehead atoms. The van der Waals surface area contributed by atoms with E-state index in [2.05, 4.69) is 31.1 Å². The molecule has 2 rings (SSSR count). The van der Waals surface area contributed by atoms with Crippen LogP contribution >= 0.6 is 15.9 Å². The molecule has 3 nitrogen and oxygen atoms in total. The predicted octanol–water partition coefficient (Wildman–Crippen LogP) is 2.29. The third-order valence-corrected chi connectivity index (χ3v) is 2.66. The first kappa shape index (κ1) is 8.10. The number of rotatable bonds is 1. The van der Waals surface area contributed by atoms with Crippen molar-refractivity contribution in [1.29, 1.82) is 0 Å². The van der Waals surface area contributed by atoms with Crippen LogP contribution in [0.1, 0.15) is 37.3 Å². The Morgan fingerprint density at radius 2 is 2.08 bits per heavy atom. The zero-order chi connectivity index (χ0) is 8.39. The van der Waals surface area contributed by atoms with E-state index in [-0.39, 0.29) is 0 Å². The number of nitrogens with zero attached hydrogens (tertiary/aromatic N) is 3. The third kappa shape index (κ3) is 1.63. The highest BCUT2D eigenvalue weighted by atomic mass is 79.9. The second kappa shape index (κ2) is 3.47. The van der Waals surface area contributed by atoms with E-state index < -0.39 is 0 Å². The fraction of sp³-hybridized carbons (Fsp3) is 0.625. The monoisotopic (exact) mass is 227 g/mol. The Hall–Kier alpha value is -0.510. The third-order valence-electron chi connectivity index (χ3n) is 2.33. The van der Waals surface area contributed by atoms with Crippen LogP contribution in [0.15, 0.2) is 10.9 Å². The molecule has 0 amide bonds. The van der Waals surface area contributed by atoms with Gasteiger partial charge in [0.05, 0.1) is 11.9 Å². The highest BCUT2D eigenvalue weighted by molar-refractivity contribution is 9.10. The fourth-order valence-corrected chi connectivity index (χ4v) is 2.01. The maximum atomic E-state index is 4.30. The molecular formula is C8H10BrN3. The Kier molecular flexibility index (Phi) is 2.35. The van der Waals surface area contributed by atoms with E-state index in [1.807, 2.05) is 0 Å². The van der Waals surface area contributed by atoms with Crippen LogP contribution in [0.4, 0.5) is 0 Å². The second-order valence-electron chi connectivity index (χ2n) is 3.13. The maximum Gasteiger partial charge on any atom is 0.218 e. The number of halogens is 1. The molecule has 0 radical (unpaired) electrons. The first-order valence-corrected chi connectivity index (χ1v) is 5.00. The van der Waals surface area contributed by atoms with Crippen molar-refractivity contribution in [3.05, 3.63) is 16.6 Å². The van der Waals surface area contributed by atoms with E-state index in [1.165, 1.54) is 25.7 Å². The summed E-state index contributed by atoms with van der Waals surface area (Å²) >= 11 is 3.22. The van der Waals surface area contributed by atoms with E-state index in [1.54, 1.807) is 6.20 Å². The predicted molar refractivity (Wildman–Crippen MR) is 48.7 cm³/mol. The largest absolute Gasteiger partial charge is 0.224 e. The lowest BCUT2D eigenvalue weighted by molar-refractivity contribution is 0.677. The summed E-state index contributed by atoms with van der Waals surface area (Å²) in [6.45, 7) is 0. The molecule has 4 heteroatoms. The SMILES string of the molecule is Brc1nncc(C2CCCC2)n1. The highest BCUT2D eigenvalue weighted by Gasteiger charge is 2.18. The summed E-state index contributed by atoms with van der Waals surface area (Å²) in [4.78, 5) is 4.30. The van der Waals surface area contributed by atoms with Crippen LogP contribution in [0, 0.1) is 0 Å². The van der Waals surface area contributed by atoms with Gasteiger partial charge in [0.25, 0.3) is 0 Å². The Bertz CT molecular complexity index is 271. The van der Waals surface area contributed by atoms with Gasteiger partial charge in [-0.2, -0.15) is 5.10 Å². The molecule has 1 aromatic rings. The van der Waals surface area contributed by atoms with Crippen molar-refractivity contribution >= 4 is 15.9 Å². The Morgan fingerprint density at radius 1 is 1.33 bits per heavy atom. The van der Waals surface area contributed by atoms with E-state index in [9.17, 15) is 0 Å². The Balaban J connectivity index is 2.21. The second-order valence-corrected chi connectivity index (χ2v) is 3.84. The number of aromatic nitrogens is 3. The molecule has 0 unspecified atom stereocenters. The minimum absolute atomic E-state index is 0.604. The lowest BCUT2D eigenvalue weighted by atomic mass is 10.1. The molecule has 64 valence electrons. The molecule has 1 fully saturated rings. The average Bonchev–Trinajstić information content (AvgIpc) is 2.56. The standard InChI is InChI=1S/C8H10BrN3/c9-8-11-7(5-10-12-8)6-3-1-2-4-6/h5-6H,1-4H2. The lowest BCUT2D eigenvalue weighted by Gasteiger charge is -2.05. The molecule has 0 saturated heterocycles. The van der Waals surface area contributed by atoms with Gasteiger partial charge in [0.2, 0.25) is 4.73 Å². The van der Waals surface area contributed by atoms with Crippen molar-refractivity contribution in [2.45, 2.75) is 31.6 Å². The van der Waals surface area contributed by atoms with Gasteiger partial charge in [-0.15, -0.1) is 5.10 Å². The minimum atomic E-state index is 0.604. The Labute approximate surface area is 79.7 Å². The summed E-state index contributed by atoms with van der Waals surface area (Å²) < 4.78 is 0.604. The Morgan fingerprint density at radius 3 is 2.75 bits per heavy atom. The molecule has 12 heavy (non-hydrogen) atoms. The molecule has 1 aliphatic rings. The normalized spacial score (nSPS) is 18.4. The summed E-state index contributed by atoms with van der Waals surface area (Å²) in [5.74, 6) is 0.622. The molecule has 1 heterocycles. The zero-order valence-electron chi connectivity index (χ0n) is 6.70. The quantitative estimate of drug-likeness (QED) is 0.740. The first-order valence-electron chi connectivity index (χ1n) is 4.21. The van der Waals surface area contributed by atoms with E-state index in [0.717, 1.165) is 5.69 Å². The molecule has 0 N–H and O–H groups in total. The van der Waals surface area contributed by atoms with Crippen LogP contribution in [-0.4, -0.2) is 15.2 Å². The van der Waals surface area contributed by atoms with Crippen molar-refractivity contribution < 1.29 is 0 Å².